The van der Waals surface area contributed by atoms with Gasteiger partial charge in [0.2, 0.25) is 0 Å². The number of nitrogens with two attached hydrogens (primary N) is 1. The molecule has 0 saturated heterocycles. The van der Waals surface area contributed by atoms with Crippen molar-refractivity contribution in [3.63, 3.8) is 0 Å². The van der Waals surface area contributed by atoms with Crippen molar-refractivity contribution in [2.45, 2.75) is 25.4 Å². The standard InChI is InChI=1S/C15H14Br2N2OS/c16-12-7-13(21-14(12)17)15(20)19(11-4-5-11)8-9-2-1-3-10(18)6-9/h1-3,6-7,11H,4-5,8,18H2. The fourth-order valence-corrected chi connectivity index (χ4v) is 4.23. The Balaban J connectivity index is 1.83. The molecule has 1 aliphatic rings. The summed E-state index contributed by atoms with van der Waals surface area (Å²) in [5.74, 6) is 0.0938. The molecule has 1 aromatic carbocycles. The third-order valence-corrected chi connectivity index (χ3v) is 6.65. The molecule has 0 aliphatic heterocycles. The predicted octanol–water partition coefficient (Wildman–Crippen LogP) is 4.66. The van der Waals surface area contributed by atoms with Gasteiger partial charge in [0.15, 0.2) is 0 Å². The molecule has 1 amide bonds. The SMILES string of the molecule is Nc1cccc(CN(C(=O)c2cc(Br)c(Br)s2)C2CC2)c1. The van der Waals surface area contributed by atoms with Crippen molar-refractivity contribution in [2.75, 3.05) is 5.73 Å². The van der Waals surface area contributed by atoms with Crippen molar-refractivity contribution >= 4 is 54.8 Å². The van der Waals surface area contributed by atoms with Crippen molar-refractivity contribution in [1.29, 1.82) is 0 Å². The number of hydrogen-bond acceptors (Lipinski definition) is 3. The zero-order valence-corrected chi connectivity index (χ0v) is 15.2. The van der Waals surface area contributed by atoms with Gasteiger partial charge in [0.05, 0.1) is 8.66 Å². The molecule has 1 aliphatic carbocycles. The van der Waals surface area contributed by atoms with Crippen molar-refractivity contribution in [3.05, 3.63) is 49.0 Å². The first-order valence-corrected chi connectivity index (χ1v) is 9.05. The van der Waals surface area contributed by atoms with Crippen LogP contribution in [0.5, 0.6) is 0 Å². The molecule has 1 heterocycles. The Kier molecular flexibility index (Phi) is 4.38. The summed E-state index contributed by atoms with van der Waals surface area (Å²) in [5.41, 5.74) is 7.63. The molecule has 21 heavy (non-hydrogen) atoms. The Bertz CT molecular complexity index is 663. The second-order valence-corrected chi connectivity index (χ2v) is 8.37. The smallest absolute Gasteiger partial charge is 0.264 e. The molecule has 110 valence electrons. The lowest BCUT2D eigenvalue weighted by Gasteiger charge is -2.22. The number of anilines is 1. The molecule has 1 fully saturated rings. The molecule has 3 rings (SSSR count). The van der Waals surface area contributed by atoms with Crippen LogP contribution in [0.25, 0.3) is 0 Å². The van der Waals surface area contributed by atoms with Gasteiger partial charge in [-0.3, -0.25) is 4.79 Å². The summed E-state index contributed by atoms with van der Waals surface area (Å²) in [5, 5.41) is 0. The van der Waals surface area contributed by atoms with Gasteiger partial charge in [-0.1, -0.05) is 12.1 Å². The number of nitrogen functional groups attached to an aromatic ring is 1. The second-order valence-electron chi connectivity index (χ2n) is 5.14. The first-order valence-electron chi connectivity index (χ1n) is 6.65. The van der Waals surface area contributed by atoms with Crippen LogP contribution in [0.15, 0.2) is 38.6 Å². The third kappa shape index (κ3) is 3.49. The Labute approximate surface area is 144 Å². The molecule has 0 unspecified atom stereocenters. The van der Waals surface area contributed by atoms with E-state index in [1.165, 1.54) is 11.3 Å². The molecule has 0 spiro atoms. The topological polar surface area (TPSA) is 46.3 Å². The van der Waals surface area contributed by atoms with Crippen LogP contribution in [-0.2, 0) is 6.54 Å². The first-order chi connectivity index (χ1) is 10.0. The van der Waals surface area contributed by atoms with Gasteiger partial charge >= 0.3 is 0 Å². The summed E-state index contributed by atoms with van der Waals surface area (Å²) >= 11 is 8.35. The van der Waals surface area contributed by atoms with Crippen LogP contribution in [0.3, 0.4) is 0 Å². The number of carbonyl (C=O) groups excluding carboxylic acids is 1. The molecule has 2 N–H and O–H groups in total. The van der Waals surface area contributed by atoms with E-state index >= 15 is 0 Å². The normalized spacial score (nSPS) is 14.2. The van der Waals surface area contributed by atoms with E-state index in [2.05, 4.69) is 31.9 Å². The average molecular weight is 430 g/mol. The summed E-state index contributed by atoms with van der Waals surface area (Å²) in [6.45, 7) is 0.613. The minimum Gasteiger partial charge on any atom is -0.399 e. The average Bonchev–Trinajstić information content (AvgIpc) is 3.22. The summed E-state index contributed by atoms with van der Waals surface area (Å²) < 4.78 is 1.88. The lowest BCUT2D eigenvalue weighted by molar-refractivity contribution is 0.0735. The highest BCUT2D eigenvalue weighted by molar-refractivity contribution is 9.13. The van der Waals surface area contributed by atoms with E-state index < -0.39 is 0 Å². The summed E-state index contributed by atoms with van der Waals surface area (Å²) in [6, 6.07) is 9.98. The van der Waals surface area contributed by atoms with Gasteiger partial charge in [-0.25, -0.2) is 0 Å². The number of amides is 1. The Hall–Kier alpha value is -0.850. The second kappa shape index (κ2) is 6.10. The van der Waals surface area contributed by atoms with E-state index in [1.807, 2.05) is 35.2 Å². The molecule has 0 radical (unpaired) electrons. The number of halogens is 2. The van der Waals surface area contributed by atoms with Gasteiger partial charge in [-0.05, 0) is 68.5 Å². The van der Waals surface area contributed by atoms with E-state index in [0.717, 1.165) is 37.2 Å². The highest BCUT2D eigenvalue weighted by Gasteiger charge is 2.33. The molecular weight excluding hydrogens is 416 g/mol. The summed E-state index contributed by atoms with van der Waals surface area (Å²) in [7, 11) is 0. The number of rotatable bonds is 4. The van der Waals surface area contributed by atoms with E-state index in [-0.39, 0.29) is 5.91 Å². The van der Waals surface area contributed by atoms with Gasteiger partial charge in [0.25, 0.3) is 5.91 Å². The Morgan fingerprint density at radius 2 is 2.10 bits per heavy atom. The van der Waals surface area contributed by atoms with Crippen LogP contribution in [0, 0.1) is 0 Å². The number of nitrogens with zero attached hydrogens (tertiary/aromatic N) is 1. The van der Waals surface area contributed by atoms with Crippen LogP contribution >= 0.6 is 43.2 Å². The first kappa shape index (κ1) is 15.1. The van der Waals surface area contributed by atoms with Crippen LogP contribution < -0.4 is 5.73 Å². The van der Waals surface area contributed by atoms with Gasteiger partial charge in [-0.15, -0.1) is 11.3 Å². The lowest BCUT2D eigenvalue weighted by Crippen LogP contribution is -2.32. The number of hydrogen-bond donors (Lipinski definition) is 1. The molecular formula is C15H14Br2N2OS. The number of carbonyl (C=O) groups is 1. The molecule has 3 nitrogen and oxygen atoms in total. The van der Waals surface area contributed by atoms with Crippen LogP contribution in [-0.4, -0.2) is 16.8 Å². The molecule has 0 bridgehead atoms. The molecule has 1 saturated carbocycles. The highest BCUT2D eigenvalue weighted by Crippen LogP contribution is 2.36. The minimum absolute atomic E-state index is 0.0938. The highest BCUT2D eigenvalue weighted by atomic mass is 79.9. The van der Waals surface area contributed by atoms with Crippen LogP contribution in [0.2, 0.25) is 0 Å². The van der Waals surface area contributed by atoms with Crippen molar-refractivity contribution in [3.8, 4) is 0 Å². The van der Waals surface area contributed by atoms with Gasteiger partial charge in [0.1, 0.15) is 0 Å². The van der Waals surface area contributed by atoms with E-state index in [1.54, 1.807) is 0 Å². The van der Waals surface area contributed by atoms with Gasteiger partial charge in [0, 0.05) is 22.7 Å². The van der Waals surface area contributed by atoms with E-state index in [4.69, 9.17) is 5.73 Å². The summed E-state index contributed by atoms with van der Waals surface area (Å²) in [6.07, 6.45) is 2.17. The maximum absolute atomic E-state index is 12.7. The van der Waals surface area contributed by atoms with E-state index in [0.29, 0.717) is 12.6 Å². The van der Waals surface area contributed by atoms with Gasteiger partial charge < -0.3 is 10.6 Å². The van der Waals surface area contributed by atoms with E-state index in [9.17, 15) is 4.79 Å². The zero-order chi connectivity index (χ0) is 15.0. The Morgan fingerprint density at radius 1 is 1.33 bits per heavy atom. The lowest BCUT2D eigenvalue weighted by atomic mass is 10.2. The van der Waals surface area contributed by atoms with Crippen molar-refractivity contribution in [2.24, 2.45) is 0 Å². The maximum Gasteiger partial charge on any atom is 0.264 e. The quantitative estimate of drug-likeness (QED) is 0.718. The molecule has 2 aromatic rings. The maximum atomic E-state index is 12.7. The monoisotopic (exact) mass is 428 g/mol. The number of benzene rings is 1. The molecule has 6 heteroatoms. The Morgan fingerprint density at radius 3 is 2.67 bits per heavy atom. The fourth-order valence-electron chi connectivity index (χ4n) is 2.23. The molecule has 1 aromatic heterocycles. The van der Waals surface area contributed by atoms with Crippen molar-refractivity contribution in [1.82, 2.24) is 4.90 Å². The largest absolute Gasteiger partial charge is 0.399 e. The molecule has 0 atom stereocenters. The number of thiophene rings is 1. The van der Waals surface area contributed by atoms with Crippen molar-refractivity contribution < 1.29 is 4.79 Å². The predicted molar refractivity (Wildman–Crippen MR) is 93.5 cm³/mol. The third-order valence-electron chi connectivity index (χ3n) is 3.41. The fraction of sp³-hybridized carbons (Fsp3) is 0.267. The van der Waals surface area contributed by atoms with Gasteiger partial charge in [-0.2, -0.15) is 0 Å². The van der Waals surface area contributed by atoms with Crippen LogP contribution in [0.4, 0.5) is 5.69 Å². The zero-order valence-electron chi connectivity index (χ0n) is 11.2. The minimum atomic E-state index is 0.0938. The van der Waals surface area contributed by atoms with Crippen LogP contribution in [0.1, 0.15) is 28.1 Å². The summed E-state index contributed by atoms with van der Waals surface area (Å²) in [4.78, 5) is 15.5.